The van der Waals surface area contributed by atoms with Crippen molar-refractivity contribution in [3.8, 4) is 0 Å². The Morgan fingerprint density at radius 3 is 2.82 bits per heavy atom. The molecule has 1 N–H and O–H groups in total. The predicted octanol–water partition coefficient (Wildman–Crippen LogP) is 1.38. The number of nitrogens with zero attached hydrogens (tertiary/aromatic N) is 2. The van der Waals surface area contributed by atoms with Crippen LogP contribution in [0.25, 0.3) is 6.08 Å². The van der Waals surface area contributed by atoms with Gasteiger partial charge in [-0.25, -0.2) is 0 Å². The summed E-state index contributed by atoms with van der Waals surface area (Å²) >= 11 is 0. The number of benzene rings is 1. The van der Waals surface area contributed by atoms with Crippen molar-refractivity contribution in [1.29, 1.82) is 0 Å². The molecule has 1 saturated heterocycles. The van der Waals surface area contributed by atoms with Gasteiger partial charge >= 0.3 is 0 Å². The fourth-order valence-electron chi connectivity index (χ4n) is 2.55. The Morgan fingerprint density at radius 1 is 1.12 bits per heavy atom. The molecule has 1 aromatic rings. The largest absolute Gasteiger partial charge is 0.354 e. The highest BCUT2D eigenvalue weighted by molar-refractivity contribution is 5.71. The van der Waals surface area contributed by atoms with E-state index in [-0.39, 0.29) is 0 Å². The van der Waals surface area contributed by atoms with Crippen LogP contribution >= 0.6 is 0 Å². The quantitative estimate of drug-likeness (QED) is 0.826. The lowest BCUT2D eigenvalue weighted by atomic mass is 10.1. The molecule has 0 spiro atoms. The first-order valence-electron chi connectivity index (χ1n) is 6.37. The zero-order chi connectivity index (χ0) is 11.5. The summed E-state index contributed by atoms with van der Waals surface area (Å²) in [6, 6.07) is 8.65. The van der Waals surface area contributed by atoms with Gasteiger partial charge in [-0.15, -0.1) is 0 Å². The molecular weight excluding hydrogens is 210 g/mol. The molecule has 0 amide bonds. The molecule has 0 bridgehead atoms. The molecule has 1 aromatic carbocycles. The van der Waals surface area contributed by atoms with E-state index in [0.29, 0.717) is 0 Å². The van der Waals surface area contributed by atoms with Gasteiger partial charge in [-0.3, -0.25) is 4.90 Å². The van der Waals surface area contributed by atoms with Crippen molar-refractivity contribution >= 4 is 11.8 Å². The summed E-state index contributed by atoms with van der Waals surface area (Å²) in [5, 5.41) is 3.40. The van der Waals surface area contributed by atoms with Crippen molar-refractivity contribution in [2.75, 3.05) is 44.3 Å². The lowest BCUT2D eigenvalue weighted by molar-refractivity contribution is 0.241. The lowest BCUT2D eigenvalue weighted by Crippen LogP contribution is -2.48. The Labute approximate surface area is 103 Å². The Bertz CT molecular complexity index is 408. The van der Waals surface area contributed by atoms with Gasteiger partial charge in [0.15, 0.2) is 0 Å². The van der Waals surface area contributed by atoms with E-state index in [1.807, 2.05) is 0 Å². The van der Waals surface area contributed by atoms with Crippen molar-refractivity contribution in [3.05, 3.63) is 35.9 Å². The van der Waals surface area contributed by atoms with Crippen LogP contribution in [0.4, 0.5) is 5.69 Å². The molecule has 3 nitrogen and oxygen atoms in total. The number of piperazine rings is 1. The van der Waals surface area contributed by atoms with Crippen molar-refractivity contribution < 1.29 is 0 Å². The summed E-state index contributed by atoms with van der Waals surface area (Å²) < 4.78 is 0. The monoisotopic (exact) mass is 229 g/mol. The first kappa shape index (κ1) is 10.8. The van der Waals surface area contributed by atoms with Crippen molar-refractivity contribution in [1.82, 2.24) is 10.2 Å². The topological polar surface area (TPSA) is 18.5 Å². The van der Waals surface area contributed by atoms with Gasteiger partial charge in [0.25, 0.3) is 0 Å². The van der Waals surface area contributed by atoms with Crippen LogP contribution in [0.5, 0.6) is 0 Å². The van der Waals surface area contributed by atoms with E-state index in [0.717, 1.165) is 39.4 Å². The number of rotatable bonds is 2. The molecule has 0 aliphatic carbocycles. The normalized spacial score (nSPS) is 20.4. The Kier molecular flexibility index (Phi) is 3.12. The SMILES string of the molecule is C1=Cc2ccccc2N(CN2CCNCC2)C1. The Balaban J connectivity index is 1.73. The number of nitrogens with one attached hydrogen (secondary N) is 1. The van der Waals surface area contributed by atoms with Crippen LogP contribution in [-0.4, -0.2) is 44.3 Å². The molecule has 2 aliphatic heterocycles. The summed E-state index contributed by atoms with van der Waals surface area (Å²) in [7, 11) is 0. The zero-order valence-corrected chi connectivity index (χ0v) is 10.1. The molecule has 2 heterocycles. The van der Waals surface area contributed by atoms with Crippen LogP contribution in [0.3, 0.4) is 0 Å². The summed E-state index contributed by atoms with van der Waals surface area (Å²) in [6.45, 7) is 6.62. The van der Waals surface area contributed by atoms with Gasteiger partial charge in [-0.1, -0.05) is 30.4 Å². The number of anilines is 1. The summed E-state index contributed by atoms with van der Waals surface area (Å²) in [5.41, 5.74) is 2.71. The maximum absolute atomic E-state index is 3.40. The molecule has 0 saturated carbocycles. The van der Waals surface area contributed by atoms with Crippen LogP contribution < -0.4 is 10.2 Å². The number of hydrogen-bond donors (Lipinski definition) is 1. The molecule has 90 valence electrons. The summed E-state index contributed by atoms with van der Waals surface area (Å²) in [6.07, 6.45) is 4.48. The van der Waals surface area contributed by atoms with E-state index in [9.17, 15) is 0 Å². The van der Waals surface area contributed by atoms with E-state index in [4.69, 9.17) is 0 Å². The third kappa shape index (κ3) is 2.35. The number of fused-ring (bicyclic) bond motifs is 1. The lowest BCUT2D eigenvalue weighted by Gasteiger charge is -2.35. The summed E-state index contributed by atoms with van der Waals surface area (Å²) in [4.78, 5) is 4.98. The minimum absolute atomic E-state index is 1.03. The van der Waals surface area contributed by atoms with Crippen molar-refractivity contribution in [3.63, 3.8) is 0 Å². The van der Waals surface area contributed by atoms with Crippen LogP contribution in [0.15, 0.2) is 30.3 Å². The average Bonchev–Trinajstić information content (AvgIpc) is 2.40. The van der Waals surface area contributed by atoms with Gasteiger partial charge in [0, 0.05) is 38.4 Å². The number of para-hydroxylation sites is 1. The first-order chi connectivity index (χ1) is 8.43. The van der Waals surface area contributed by atoms with Crippen molar-refractivity contribution in [2.24, 2.45) is 0 Å². The highest BCUT2D eigenvalue weighted by atomic mass is 15.3. The fourth-order valence-corrected chi connectivity index (χ4v) is 2.55. The van der Waals surface area contributed by atoms with E-state index in [2.05, 4.69) is 51.5 Å². The fraction of sp³-hybridized carbons (Fsp3) is 0.429. The Hall–Kier alpha value is -1.32. The standard InChI is InChI=1S/C14H19N3/c1-2-6-14-13(4-1)5-3-9-17(14)12-16-10-7-15-8-11-16/h1-6,15H,7-12H2. The highest BCUT2D eigenvalue weighted by Crippen LogP contribution is 2.25. The van der Waals surface area contributed by atoms with Gasteiger partial charge in [-0.2, -0.15) is 0 Å². The second-order valence-electron chi connectivity index (χ2n) is 4.69. The average molecular weight is 229 g/mol. The molecule has 3 heteroatoms. The van der Waals surface area contributed by atoms with E-state index in [1.165, 1.54) is 11.3 Å². The second-order valence-corrected chi connectivity index (χ2v) is 4.69. The summed E-state index contributed by atoms with van der Waals surface area (Å²) in [5.74, 6) is 0. The molecule has 17 heavy (non-hydrogen) atoms. The molecule has 1 fully saturated rings. The number of hydrogen-bond acceptors (Lipinski definition) is 3. The minimum Gasteiger partial charge on any atom is -0.354 e. The maximum Gasteiger partial charge on any atom is 0.0711 e. The molecular formula is C14H19N3. The predicted molar refractivity (Wildman–Crippen MR) is 72.1 cm³/mol. The van der Waals surface area contributed by atoms with Gasteiger partial charge < -0.3 is 10.2 Å². The van der Waals surface area contributed by atoms with E-state index in [1.54, 1.807) is 0 Å². The third-order valence-electron chi connectivity index (χ3n) is 3.48. The molecule has 0 radical (unpaired) electrons. The molecule has 2 aliphatic rings. The van der Waals surface area contributed by atoms with Gasteiger partial charge in [0.1, 0.15) is 0 Å². The van der Waals surface area contributed by atoms with Gasteiger partial charge in [0.05, 0.1) is 6.67 Å². The van der Waals surface area contributed by atoms with Crippen LogP contribution in [-0.2, 0) is 0 Å². The smallest absolute Gasteiger partial charge is 0.0711 e. The zero-order valence-electron chi connectivity index (χ0n) is 10.1. The molecule has 3 rings (SSSR count). The Morgan fingerprint density at radius 2 is 1.94 bits per heavy atom. The minimum atomic E-state index is 1.03. The van der Waals surface area contributed by atoms with Crippen molar-refractivity contribution in [2.45, 2.75) is 0 Å². The van der Waals surface area contributed by atoms with Crippen LogP contribution in [0.2, 0.25) is 0 Å². The highest BCUT2D eigenvalue weighted by Gasteiger charge is 2.16. The maximum atomic E-state index is 3.40. The van der Waals surface area contributed by atoms with E-state index < -0.39 is 0 Å². The van der Waals surface area contributed by atoms with E-state index >= 15 is 0 Å². The van der Waals surface area contributed by atoms with Crippen LogP contribution in [0, 0.1) is 0 Å². The third-order valence-corrected chi connectivity index (χ3v) is 3.48. The van der Waals surface area contributed by atoms with Crippen LogP contribution in [0.1, 0.15) is 5.56 Å². The van der Waals surface area contributed by atoms with Gasteiger partial charge in [0.2, 0.25) is 0 Å². The second kappa shape index (κ2) is 4.90. The molecule has 0 aromatic heterocycles. The first-order valence-corrected chi connectivity index (χ1v) is 6.37. The molecule has 0 atom stereocenters. The molecule has 0 unspecified atom stereocenters. The van der Waals surface area contributed by atoms with Gasteiger partial charge in [-0.05, 0) is 11.6 Å².